The first-order valence-corrected chi connectivity index (χ1v) is 4.71. The van der Waals surface area contributed by atoms with Gasteiger partial charge < -0.3 is 15.3 Å². The highest BCUT2D eigenvalue weighted by atomic mass is 35.5. The molecule has 16 heavy (non-hydrogen) atoms. The minimum Gasteiger partial charge on any atom is -0.465 e. The normalized spacial score (nSPS) is 10.4. The van der Waals surface area contributed by atoms with Crippen LogP contribution in [0.25, 0.3) is 0 Å². The van der Waals surface area contributed by atoms with Gasteiger partial charge in [0.25, 0.3) is 0 Å². The molecule has 0 amide bonds. The van der Waals surface area contributed by atoms with Crippen molar-refractivity contribution in [2.24, 2.45) is 5.16 Å². The molecule has 1 aromatic carbocycles. The van der Waals surface area contributed by atoms with Crippen LogP contribution in [-0.2, 0) is 9.57 Å². The van der Waals surface area contributed by atoms with Crippen molar-refractivity contribution in [3.8, 4) is 0 Å². The van der Waals surface area contributed by atoms with Crippen molar-refractivity contribution in [1.29, 1.82) is 0 Å². The van der Waals surface area contributed by atoms with Gasteiger partial charge in [0.05, 0.1) is 29.6 Å². The molecule has 0 aromatic heterocycles. The number of nitrogens with two attached hydrogens (primary N) is 1. The Hall–Kier alpha value is -1.75. The van der Waals surface area contributed by atoms with Crippen LogP contribution in [0.2, 0.25) is 5.02 Å². The Balaban J connectivity index is 3.21. The molecule has 1 aromatic rings. The number of oxime groups is 1. The van der Waals surface area contributed by atoms with E-state index in [-0.39, 0.29) is 5.02 Å². The van der Waals surface area contributed by atoms with Crippen molar-refractivity contribution in [2.45, 2.75) is 0 Å². The predicted octanol–water partition coefficient (Wildman–Crippen LogP) is 1.69. The fourth-order valence-electron chi connectivity index (χ4n) is 1.09. The molecule has 1 rings (SSSR count). The number of nitrogens with zero attached hydrogens (tertiary/aromatic N) is 1. The number of rotatable bonds is 3. The minimum atomic E-state index is -0.492. The number of anilines is 1. The van der Waals surface area contributed by atoms with E-state index in [1.54, 1.807) is 0 Å². The van der Waals surface area contributed by atoms with Crippen molar-refractivity contribution in [1.82, 2.24) is 0 Å². The highest BCUT2D eigenvalue weighted by Gasteiger charge is 2.11. The van der Waals surface area contributed by atoms with Gasteiger partial charge in [-0.25, -0.2) is 4.79 Å². The number of carbonyl (C=O) groups excluding carboxylic acids is 1. The standard InChI is InChI=1S/C10H11ClN2O3/c1-15-10(14)6-3-7(5-13-16-2)9(12)8(11)4-6/h3-5H,12H2,1-2H3. The van der Waals surface area contributed by atoms with Crippen LogP contribution in [0.4, 0.5) is 5.69 Å². The highest BCUT2D eigenvalue weighted by molar-refractivity contribution is 6.34. The van der Waals surface area contributed by atoms with Gasteiger partial charge in [0.1, 0.15) is 7.11 Å². The monoisotopic (exact) mass is 242 g/mol. The van der Waals surface area contributed by atoms with Gasteiger partial charge in [0.15, 0.2) is 0 Å². The number of methoxy groups -OCH3 is 1. The van der Waals surface area contributed by atoms with Gasteiger partial charge in [-0.3, -0.25) is 0 Å². The average molecular weight is 243 g/mol. The molecule has 0 radical (unpaired) electrons. The molecule has 0 aliphatic rings. The topological polar surface area (TPSA) is 73.9 Å². The lowest BCUT2D eigenvalue weighted by Gasteiger charge is -2.06. The van der Waals surface area contributed by atoms with Crippen LogP contribution >= 0.6 is 11.6 Å². The van der Waals surface area contributed by atoms with Gasteiger partial charge in [-0.2, -0.15) is 0 Å². The number of nitrogen functional groups attached to an aromatic ring is 1. The van der Waals surface area contributed by atoms with Crippen LogP contribution < -0.4 is 5.73 Å². The smallest absolute Gasteiger partial charge is 0.337 e. The zero-order chi connectivity index (χ0) is 12.1. The Kier molecular flexibility index (Phi) is 4.13. The molecule has 0 saturated heterocycles. The van der Waals surface area contributed by atoms with E-state index in [0.29, 0.717) is 16.8 Å². The van der Waals surface area contributed by atoms with Crippen molar-refractivity contribution in [2.75, 3.05) is 20.0 Å². The molecule has 0 saturated carbocycles. The lowest BCUT2D eigenvalue weighted by molar-refractivity contribution is 0.0600. The molecule has 0 aliphatic heterocycles. The summed E-state index contributed by atoms with van der Waals surface area (Å²) in [4.78, 5) is 15.8. The van der Waals surface area contributed by atoms with Crippen LogP contribution in [0, 0.1) is 0 Å². The zero-order valence-electron chi connectivity index (χ0n) is 8.86. The summed E-state index contributed by atoms with van der Waals surface area (Å²) in [6.45, 7) is 0. The van der Waals surface area contributed by atoms with Crippen LogP contribution in [0.1, 0.15) is 15.9 Å². The molecule has 6 heteroatoms. The molecule has 0 aliphatic carbocycles. The SMILES string of the molecule is CON=Cc1cc(C(=O)OC)cc(Cl)c1N. The Morgan fingerprint density at radius 2 is 2.19 bits per heavy atom. The number of halogens is 1. The van der Waals surface area contributed by atoms with Gasteiger partial charge >= 0.3 is 5.97 Å². The first-order chi connectivity index (χ1) is 7.60. The summed E-state index contributed by atoms with van der Waals surface area (Å²) in [5, 5.41) is 3.82. The molecule has 0 fully saturated rings. The maximum absolute atomic E-state index is 11.3. The predicted molar refractivity (Wildman–Crippen MR) is 61.8 cm³/mol. The summed E-state index contributed by atoms with van der Waals surface area (Å²) in [7, 11) is 2.69. The van der Waals surface area contributed by atoms with Crippen molar-refractivity contribution >= 4 is 29.5 Å². The Morgan fingerprint density at radius 1 is 1.50 bits per heavy atom. The van der Waals surface area contributed by atoms with Crippen LogP contribution in [0.5, 0.6) is 0 Å². The molecule has 86 valence electrons. The third-order valence-corrected chi connectivity index (χ3v) is 2.19. The van der Waals surface area contributed by atoms with E-state index in [1.807, 2.05) is 0 Å². The van der Waals surface area contributed by atoms with Crippen molar-refractivity contribution < 1.29 is 14.4 Å². The Bertz CT molecular complexity index is 432. The summed E-state index contributed by atoms with van der Waals surface area (Å²) < 4.78 is 4.58. The molecule has 0 heterocycles. The summed E-state index contributed by atoms with van der Waals surface area (Å²) in [5.74, 6) is -0.492. The Labute approximate surface area is 97.8 Å². The number of hydrogen-bond acceptors (Lipinski definition) is 5. The van der Waals surface area contributed by atoms with Crippen molar-refractivity contribution in [3.63, 3.8) is 0 Å². The summed E-state index contributed by atoms with van der Waals surface area (Å²) in [5.41, 5.74) is 6.83. The van der Waals surface area contributed by atoms with Crippen molar-refractivity contribution in [3.05, 3.63) is 28.3 Å². The summed E-state index contributed by atoms with van der Waals surface area (Å²) in [6, 6.07) is 2.96. The van der Waals surface area contributed by atoms with Crippen LogP contribution in [0.15, 0.2) is 17.3 Å². The first-order valence-electron chi connectivity index (χ1n) is 4.34. The second-order valence-corrected chi connectivity index (χ2v) is 3.28. The van der Waals surface area contributed by atoms with Gasteiger partial charge in [-0.1, -0.05) is 16.8 Å². The maximum atomic E-state index is 11.3. The second-order valence-electron chi connectivity index (χ2n) is 2.87. The van der Waals surface area contributed by atoms with Gasteiger partial charge in [0.2, 0.25) is 0 Å². The molecular formula is C10H11ClN2O3. The maximum Gasteiger partial charge on any atom is 0.337 e. The van der Waals surface area contributed by atoms with E-state index in [9.17, 15) is 4.79 Å². The third kappa shape index (κ3) is 2.64. The fourth-order valence-corrected chi connectivity index (χ4v) is 1.32. The molecule has 0 atom stereocenters. The lowest BCUT2D eigenvalue weighted by Crippen LogP contribution is -2.04. The van der Waals surface area contributed by atoms with Crippen LogP contribution in [0.3, 0.4) is 0 Å². The lowest BCUT2D eigenvalue weighted by atomic mass is 10.1. The number of esters is 1. The van der Waals surface area contributed by atoms with E-state index in [1.165, 1.54) is 32.6 Å². The third-order valence-electron chi connectivity index (χ3n) is 1.88. The molecular weight excluding hydrogens is 232 g/mol. The van der Waals surface area contributed by atoms with Gasteiger partial charge in [-0.05, 0) is 12.1 Å². The fraction of sp³-hybridized carbons (Fsp3) is 0.200. The quantitative estimate of drug-likeness (QED) is 0.379. The molecule has 0 bridgehead atoms. The zero-order valence-corrected chi connectivity index (χ0v) is 9.62. The van der Waals surface area contributed by atoms with E-state index in [2.05, 4.69) is 14.7 Å². The highest BCUT2D eigenvalue weighted by Crippen LogP contribution is 2.24. The second kappa shape index (κ2) is 5.37. The average Bonchev–Trinajstić information content (AvgIpc) is 2.29. The van der Waals surface area contributed by atoms with E-state index < -0.39 is 5.97 Å². The largest absolute Gasteiger partial charge is 0.465 e. The number of ether oxygens (including phenoxy) is 1. The van der Waals surface area contributed by atoms with Gasteiger partial charge in [-0.15, -0.1) is 0 Å². The minimum absolute atomic E-state index is 0.264. The van der Waals surface area contributed by atoms with E-state index >= 15 is 0 Å². The summed E-state index contributed by atoms with van der Waals surface area (Å²) >= 11 is 5.86. The van der Waals surface area contributed by atoms with E-state index in [4.69, 9.17) is 17.3 Å². The molecule has 0 spiro atoms. The van der Waals surface area contributed by atoms with E-state index in [0.717, 1.165) is 0 Å². The first kappa shape index (κ1) is 12.3. The number of benzene rings is 1. The van der Waals surface area contributed by atoms with Crippen LogP contribution in [-0.4, -0.2) is 26.4 Å². The molecule has 5 nitrogen and oxygen atoms in total. The van der Waals surface area contributed by atoms with Gasteiger partial charge in [0, 0.05) is 5.56 Å². The Morgan fingerprint density at radius 3 is 2.75 bits per heavy atom. The molecule has 0 unspecified atom stereocenters. The molecule has 2 N–H and O–H groups in total. The summed E-state index contributed by atoms with van der Waals surface area (Å²) in [6.07, 6.45) is 1.37. The number of hydrogen-bond donors (Lipinski definition) is 1. The number of carbonyl (C=O) groups is 1.